The summed E-state index contributed by atoms with van der Waals surface area (Å²) in [4.78, 5) is 16.5. The highest BCUT2D eigenvalue weighted by atomic mass is 79.9. The van der Waals surface area contributed by atoms with Crippen molar-refractivity contribution >= 4 is 45.1 Å². The molecule has 0 spiro atoms. The van der Waals surface area contributed by atoms with Crippen LogP contribution in [0.2, 0.25) is 0 Å². The fourth-order valence-electron chi connectivity index (χ4n) is 2.47. The molecule has 0 aliphatic carbocycles. The molecule has 1 heterocycles. The maximum atomic E-state index is 12.2. The Kier molecular flexibility index (Phi) is 7.47. The SMILES string of the molecule is COc1ccc(C(C)=NNc2nc(SCC(=O)c3ccc(Br)cc3)n[nH]2)cc1OC. The number of hydrogen-bond acceptors (Lipinski definition) is 8. The van der Waals surface area contributed by atoms with Crippen LogP contribution in [-0.4, -0.2) is 46.6 Å². The summed E-state index contributed by atoms with van der Waals surface area (Å²) in [7, 11) is 3.17. The zero-order valence-electron chi connectivity index (χ0n) is 16.6. The number of ether oxygens (including phenoxy) is 2. The molecule has 2 N–H and O–H groups in total. The third kappa shape index (κ3) is 5.61. The lowest BCUT2D eigenvalue weighted by atomic mass is 10.1. The van der Waals surface area contributed by atoms with Crippen molar-refractivity contribution in [2.75, 3.05) is 25.4 Å². The Hall–Kier alpha value is -2.85. The van der Waals surface area contributed by atoms with Gasteiger partial charge in [-0.2, -0.15) is 10.1 Å². The highest BCUT2D eigenvalue weighted by Crippen LogP contribution is 2.27. The monoisotopic (exact) mass is 489 g/mol. The first kappa shape index (κ1) is 21.8. The van der Waals surface area contributed by atoms with Crippen molar-refractivity contribution in [3.05, 3.63) is 58.1 Å². The topological polar surface area (TPSA) is 101 Å². The van der Waals surface area contributed by atoms with E-state index >= 15 is 0 Å². The van der Waals surface area contributed by atoms with E-state index in [0.29, 0.717) is 28.2 Å². The van der Waals surface area contributed by atoms with E-state index in [2.05, 4.69) is 41.6 Å². The number of methoxy groups -OCH3 is 2. The predicted octanol–water partition coefficient (Wildman–Crippen LogP) is 4.40. The van der Waals surface area contributed by atoms with E-state index in [1.807, 2.05) is 37.3 Å². The minimum Gasteiger partial charge on any atom is -0.493 e. The molecule has 2 aromatic carbocycles. The first-order valence-corrected chi connectivity index (χ1v) is 10.6. The highest BCUT2D eigenvalue weighted by Gasteiger charge is 2.10. The van der Waals surface area contributed by atoms with Crippen LogP contribution in [0.1, 0.15) is 22.8 Å². The average molecular weight is 490 g/mol. The highest BCUT2D eigenvalue weighted by molar-refractivity contribution is 9.10. The van der Waals surface area contributed by atoms with E-state index in [4.69, 9.17) is 9.47 Å². The van der Waals surface area contributed by atoms with Crippen molar-refractivity contribution in [2.45, 2.75) is 12.1 Å². The Labute approximate surface area is 186 Å². The molecule has 10 heteroatoms. The third-order valence-corrected chi connectivity index (χ3v) is 5.47. The van der Waals surface area contributed by atoms with Gasteiger partial charge in [0, 0.05) is 15.6 Å². The maximum Gasteiger partial charge on any atom is 0.240 e. The van der Waals surface area contributed by atoms with Gasteiger partial charge in [0.1, 0.15) is 0 Å². The zero-order valence-corrected chi connectivity index (χ0v) is 19.0. The number of H-pyrrole nitrogens is 1. The summed E-state index contributed by atoms with van der Waals surface area (Å²) < 4.78 is 11.5. The molecule has 0 bridgehead atoms. The number of Topliss-reactive ketones (excluding diaryl/α,β-unsaturated/α-hetero) is 1. The van der Waals surface area contributed by atoms with Crippen LogP contribution < -0.4 is 14.9 Å². The van der Waals surface area contributed by atoms with E-state index in [-0.39, 0.29) is 11.5 Å². The first-order valence-electron chi connectivity index (χ1n) is 8.87. The number of halogens is 1. The summed E-state index contributed by atoms with van der Waals surface area (Å²) in [6.07, 6.45) is 0. The lowest BCUT2D eigenvalue weighted by Gasteiger charge is -2.09. The van der Waals surface area contributed by atoms with Gasteiger partial charge in [-0.1, -0.05) is 39.8 Å². The molecule has 0 aliphatic rings. The normalized spacial score (nSPS) is 11.3. The molecule has 8 nitrogen and oxygen atoms in total. The Balaban J connectivity index is 1.58. The molecule has 0 unspecified atom stereocenters. The number of carbonyl (C=O) groups excluding carboxylic acids is 1. The maximum absolute atomic E-state index is 12.2. The van der Waals surface area contributed by atoms with Crippen LogP contribution in [0.3, 0.4) is 0 Å². The number of nitrogens with one attached hydrogen (secondary N) is 2. The summed E-state index contributed by atoms with van der Waals surface area (Å²) in [5.41, 5.74) is 5.08. The molecule has 1 aromatic heterocycles. The average Bonchev–Trinajstić information content (AvgIpc) is 3.23. The van der Waals surface area contributed by atoms with Crippen molar-refractivity contribution in [1.29, 1.82) is 0 Å². The Morgan fingerprint density at radius 1 is 1.13 bits per heavy atom. The summed E-state index contributed by atoms with van der Waals surface area (Å²) in [6, 6.07) is 12.8. The number of aromatic amines is 1. The van der Waals surface area contributed by atoms with Crippen LogP contribution >= 0.6 is 27.7 Å². The summed E-state index contributed by atoms with van der Waals surface area (Å²) in [5.74, 6) is 1.91. The molecule has 156 valence electrons. The molecule has 3 rings (SSSR count). The van der Waals surface area contributed by atoms with Crippen molar-refractivity contribution in [3.63, 3.8) is 0 Å². The minimum atomic E-state index is 0.00845. The number of aromatic nitrogens is 3. The summed E-state index contributed by atoms with van der Waals surface area (Å²) in [5, 5.41) is 11.6. The smallest absolute Gasteiger partial charge is 0.240 e. The molecule has 3 aromatic rings. The van der Waals surface area contributed by atoms with Gasteiger partial charge < -0.3 is 9.47 Å². The van der Waals surface area contributed by atoms with Crippen molar-refractivity contribution in [2.24, 2.45) is 5.10 Å². The number of hydrogen-bond donors (Lipinski definition) is 2. The van der Waals surface area contributed by atoms with Crippen LogP contribution in [-0.2, 0) is 0 Å². The number of benzene rings is 2. The lowest BCUT2D eigenvalue weighted by molar-refractivity contribution is 0.102. The van der Waals surface area contributed by atoms with Crippen molar-refractivity contribution < 1.29 is 14.3 Å². The van der Waals surface area contributed by atoms with Crippen LogP contribution in [0.15, 0.2) is 57.2 Å². The zero-order chi connectivity index (χ0) is 21.5. The number of anilines is 1. The van der Waals surface area contributed by atoms with Gasteiger partial charge in [-0.05, 0) is 37.3 Å². The van der Waals surface area contributed by atoms with Crippen LogP contribution in [0.4, 0.5) is 5.95 Å². The lowest BCUT2D eigenvalue weighted by Crippen LogP contribution is -2.02. The van der Waals surface area contributed by atoms with Gasteiger partial charge in [-0.3, -0.25) is 4.79 Å². The van der Waals surface area contributed by atoms with Gasteiger partial charge in [-0.15, -0.1) is 5.10 Å². The van der Waals surface area contributed by atoms with E-state index in [9.17, 15) is 4.79 Å². The molecular weight excluding hydrogens is 470 g/mol. The summed E-state index contributed by atoms with van der Waals surface area (Å²) >= 11 is 4.61. The Bertz CT molecular complexity index is 1050. The second-order valence-electron chi connectivity index (χ2n) is 6.06. The molecular formula is C20H20BrN5O3S. The van der Waals surface area contributed by atoms with Gasteiger partial charge in [0.2, 0.25) is 11.1 Å². The van der Waals surface area contributed by atoms with Gasteiger partial charge in [0.05, 0.1) is 25.7 Å². The standard InChI is InChI=1S/C20H20BrN5O3S/c1-12(14-6-9-17(28-2)18(10-14)29-3)23-24-19-22-20(26-25-19)30-11-16(27)13-4-7-15(21)8-5-13/h4-10H,11H2,1-3H3,(H2,22,24,25,26). The molecule has 0 amide bonds. The predicted molar refractivity (Wildman–Crippen MR) is 121 cm³/mol. The number of ketones is 1. The van der Waals surface area contributed by atoms with Crippen LogP contribution in [0.5, 0.6) is 11.5 Å². The largest absolute Gasteiger partial charge is 0.493 e. The van der Waals surface area contributed by atoms with E-state index in [0.717, 1.165) is 15.7 Å². The molecule has 0 atom stereocenters. The quantitative estimate of drug-likeness (QED) is 0.199. The third-order valence-electron chi connectivity index (χ3n) is 4.09. The van der Waals surface area contributed by atoms with Gasteiger partial charge >= 0.3 is 0 Å². The number of hydrazone groups is 1. The fraction of sp³-hybridized carbons (Fsp3) is 0.200. The number of carbonyl (C=O) groups is 1. The Morgan fingerprint density at radius 3 is 2.53 bits per heavy atom. The second-order valence-corrected chi connectivity index (χ2v) is 7.92. The van der Waals surface area contributed by atoms with Gasteiger partial charge in [0.25, 0.3) is 0 Å². The van der Waals surface area contributed by atoms with E-state index < -0.39 is 0 Å². The molecule has 0 radical (unpaired) electrons. The first-order chi connectivity index (χ1) is 14.5. The number of rotatable bonds is 9. The molecule has 30 heavy (non-hydrogen) atoms. The molecule has 0 saturated carbocycles. The minimum absolute atomic E-state index is 0.00845. The summed E-state index contributed by atoms with van der Waals surface area (Å²) in [6.45, 7) is 1.86. The van der Waals surface area contributed by atoms with Crippen LogP contribution in [0.25, 0.3) is 0 Å². The Morgan fingerprint density at radius 2 is 1.83 bits per heavy atom. The van der Waals surface area contributed by atoms with E-state index in [1.54, 1.807) is 26.4 Å². The van der Waals surface area contributed by atoms with Crippen molar-refractivity contribution in [3.8, 4) is 11.5 Å². The van der Waals surface area contributed by atoms with Gasteiger partial charge in [0.15, 0.2) is 17.3 Å². The number of nitrogens with zero attached hydrogens (tertiary/aromatic N) is 3. The van der Waals surface area contributed by atoms with E-state index in [1.165, 1.54) is 11.8 Å². The molecule has 0 aliphatic heterocycles. The number of thioether (sulfide) groups is 1. The van der Waals surface area contributed by atoms with Crippen LogP contribution in [0, 0.1) is 0 Å². The molecule has 0 saturated heterocycles. The molecule has 0 fully saturated rings. The van der Waals surface area contributed by atoms with Crippen molar-refractivity contribution in [1.82, 2.24) is 15.2 Å². The van der Waals surface area contributed by atoms with Gasteiger partial charge in [-0.25, -0.2) is 10.5 Å². The fourth-order valence-corrected chi connectivity index (χ4v) is 3.43. The second kappa shape index (κ2) is 10.3.